The fourth-order valence-electron chi connectivity index (χ4n) is 0.559. The fourth-order valence-corrected chi connectivity index (χ4v) is 0.954. The molecule has 0 aliphatic rings. The van der Waals surface area contributed by atoms with Gasteiger partial charge in [0.1, 0.15) is 0 Å². The molecule has 7 nitrogen and oxygen atoms in total. The van der Waals surface area contributed by atoms with Crippen LogP contribution in [0.4, 0.5) is 0 Å². The Hall–Kier alpha value is -0.140. The van der Waals surface area contributed by atoms with Crippen LogP contribution in [0.2, 0.25) is 0 Å². The molecule has 8 heteroatoms. The van der Waals surface area contributed by atoms with Crippen molar-refractivity contribution in [3.8, 4) is 0 Å². The zero-order valence-corrected chi connectivity index (χ0v) is 7.91. The normalized spacial score (nSPS) is 18.0. The third kappa shape index (κ3) is 6.00. The van der Waals surface area contributed by atoms with Crippen LogP contribution in [0.25, 0.3) is 0 Å². The number of Topliss-reactive ketones (excluding diaryl/α,β-unsaturated/α-hetero) is 1. The van der Waals surface area contributed by atoms with E-state index in [-0.39, 0.29) is 0 Å². The summed E-state index contributed by atoms with van der Waals surface area (Å²) in [6.07, 6.45) is -3.24. The second kappa shape index (κ2) is 4.92. The number of rotatable bonds is 5. The maximum atomic E-state index is 10.5. The molecule has 0 aliphatic carbocycles. The van der Waals surface area contributed by atoms with Gasteiger partial charge in [-0.05, 0) is 0 Å². The third-order valence-corrected chi connectivity index (χ3v) is 1.78. The second-order valence-corrected chi connectivity index (χ2v) is 3.94. The molecule has 0 amide bonds. The van der Waals surface area contributed by atoms with Crippen LogP contribution in [0, 0.1) is 0 Å². The third-order valence-electron chi connectivity index (χ3n) is 1.23. The molecule has 2 unspecified atom stereocenters. The van der Waals surface area contributed by atoms with E-state index in [1.54, 1.807) is 0 Å². The molecule has 0 spiro atoms. The summed E-state index contributed by atoms with van der Waals surface area (Å²) in [5.74, 6) is -0.683. The average molecular weight is 216 g/mol. The van der Waals surface area contributed by atoms with Crippen LogP contribution in [0.5, 0.6) is 0 Å². The molecule has 5 N–H and O–H groups in total. The Morgan fingerprint density at radius 1 is 1.38 bits per heavy atom. The molecule has 0 radical (unpaired) electrons. The van der Waals surface area contributed by atoms with Crippen LogP contribution in [0.15, 0.2) is 0 Å². The van der Waals surface area contributed by atoms with Crippen molar-refractivity contribution in [2.45, 2.75) is 19.1 Å². The number of ketones is 1. The molecule has 13 heavy (non-hydrogen) atoms. The van der Waals surface area contributed by atoms with Gasteiger partial charge in [-0.15, -0.1) is 0 Å². The Kier molecular flexibility index (Phi) is 4.87. The summed E-state index contributed by atoms with van der Waals surface area (Å²) in [7, 11) is -4.68. The summed E-state index contributed by atoms with van der Waals surface area (Å²) in [6.45, 7) is 0.325. The van der Waals surface area contributed by atoms with Crippen molar-refractivity contribution in [1.82, 2.24) is 0 Å². The van der Waals surface area contributed by atoms with Crippen LogP contribution < -0.4 is 0 Å². The molecule has 0 aromatic carbocycles. The predicted molar refractivity (Wildman–Crippen MR) is 43.6 cm³/mol. The van der Waals surface area contributed by atoms with Gasteiger partial charge in [-0.1, -0.05) is 0 Å². The number of carbonyl (C=O) groups is 1. The zero-order chi connectivity index (χ0) is 10.6. The molecular weight excluding hydrogens is 203 g/mol. The van der Waals surface area contributed by atoms with Gasteiger partial charge in [0.2, 0.25) is 0 Å². The molecule has 0 aromatic rings. The van der Waals surface area contributed by atoms with E-state index < -0.39 is 32.8 Å². The summed E-state index contributed by atoms with van der Waals surface area (Å²) in [5, 5.41) is 17.8. The molecule has 0 aliphatic heterocycles. The number of carbonyl (C=O) groups excluding carboxylic acids is 1. The molecule has 0 rings (SSSR count). The first-order valence-electron chi connectivity index (χ1n) is 3.41. The summed E-state index contributed by atoms with van der Waals surface area (Å²) < 4.78 is 4.01. The van der Waals surface area contributed by atoms with Gasteiger partial charge in [0.15, 0.2) is 0 Å². The van der Waals surface area contributed by atoms with E-state index in [1.807, 2.05) is 0 Å². The number of aliphatic hydroxyl groups excluding tert-OH is 2. The molecule has 0 bridgehead atoms. The number of hydrogen-bond donors (Lipinski definition) is 5. The fraction of sp³-hybridized carbons (Fsp3) is 0.800. The van der Waals surface area contributed by atoms with E-state index in [2.05, 4.69) is 4.52 Å². The van der Waals surface area contributed by atoms with Crippen molar-refractivity contribution in [2.75, 3.05) is 6.61 Å². The molecular formula is C5H13O7P. The molecule has 0 saturated carbocycles. The second-order valence-electron chi connectivity index (χ2n) is 2.51. The topological polar surface area (TPSA) is 127 Å². The van der Waals surface area contributed by atoms with Gasteiger partial charge in [0.05, 0.1) is 0 Å². The van der Waals surface area contributed by atoms with E-state index in [4.69, 9.17) is 24.9 Å². The van der Waals surface area contributed by atoms with E-state index >= 15 is 0 Å². The van der Waals surface area contributed by atoms with Gasteiger partial charge < -0.3 is 0 Å². The van der Waals surface area contributed by atoms with E-state index in [0.717, 1.165) is 6.92 Å². The molecule has 80 valence electrons. The standard InChI is InChI=1S/C5H13O7P/c1-3(6)5(8)4(7)2-12-13(9,10)11/h4-5,7-11,13H,2H2,1H3. The van der Waals surface area contributed by atoms with Gasteiger partial charge in [0, 0.05) is 0 Å². The Balaban J connectivity index is 3.88. The zero-order valence-electron chi connectivity index (χ0n) is 6.91. The van der Waals surface area contributed by atoms with Crippen LogP contribution in [0.1, 0.15) is 6.92 Å². The Morgan fingerprint density at radius 3 is 2.15 bits per heavy atom. The monoisotopic (exact) mass is 216 g/mol. The summed E-state index contributed by atoms with van der Waals surface area (Å²) in [6, 6.07) is 0. The van der Waals surface area contributed by atoms with Gasteiger partial charge in [-0.25, -0.2) is 0 Å². The van der Waals surface area contributed by atoms with Crippen LogP contribution in [0.3, 0.4) is 0 Å². The van der Waals surface area contributed by atoms with Gasteiger partial charge in [0.25, 0.3) is 0 Å². The molecule has 2 atom stereocenters. The van der Waals surface area contributed by atoms with Crippen molar-refractivity contribution < 1.29 is 34.2 Å². The van der Waals surface area contributed by atoms with Crippen molar-refractivity contribution in [2.24, 2.45) is 0 Å². The number of aliphatic hydroxyl groups is 2. The first-order valence-corrected chi connectivity index (χ1v) is 5.16. The SMILES string of the molecule is CC(=O)C(O)C(O)CO[PH](O)(O)O. The summed E-state index contributed by atoms with van der Waals surface area (Å²) in [4.78, 5) is 35.5. The van der Waals surface area contributed by atoms with Gasteiger partial charge >= 0.3 is 73.9 Å². The minimum atomic E-state index is -4.68. The molecule has 0 heterocycles. The predicted octanol–water partition coefficient (Wildman–Crippen LogP) is -2.30. The molecule has 0 aromatic heterocycles. The Bertz CT molecular complexity index is 176. The maximum absolute atomic E-state index is 10.5. The first-order chi connectivity index (χ1) is 5.74. The van der Waals surface area contributed by atoms with E-state index in [9.17, 15) is 4.79 Å². The van der Waals surface area contributed by atoms with E-state index in [0.29, 0.717) is 0 Å². The van der Waals surface area contributed by atoms with Crippen LogP contribution in [-0.2, 0) is 9.32 Å². The average Bonchev–Trinajstić information content (AvgIpc) is 1.97. The van der Waals surface area contributed by atoms with Crippen LogP contribution in [-0.4, -0.2) is 49.5 Å². The Morgan fingerprint density at radius 2 is 1.85 bits per heavy atom. The van der Waals surface area contributed by atoms with Crippen molar-refractivity contribution in [3.05, 3.63) is 0 Å². The number of hydrogen-bond acceptors (Lipinski definition) is 7. The Labute approximate surface area is 74.9 Å². The van der Waals surface area contributed by atoms with Gasteiger partial charge in [-0.3, -0.25) is 0 Å². The molecule has 0 fully saturated rings. The van der Waals surface area contributed by atoms with Crippen molar-refractivity contribution in [3.63, 3.8) is 0 Å². The van der Waals surface area contributed by atoms with Crippen molar-refractivity contribution in [1.29, 1.82) is 0 Å². The molecule has 0 saturated heterocycles. The summed E-state index contributed by atoms with van der Waals surface area (Å²) in [5.41, 5.74) is 0. The quantitative estimate of drug-likeness (QED) is 0.327. The first kappa shape index (κ1) is 12.9. The van der Waals surface area contributed by atoms with Crippen LogP contribution >= 0.6 is 8.17 Å². The van der Waals surface area contributed by atoms with Crippen molar-refractivity contribution >= 4 is 14.0 Å². The minimum absolute atomic E-state index is 0.683. The van der Waals surface area contributed by atoms with Gasteiger partial charge in [-0.2, -0.15) is 0 Å². The summed E-state index contributed by atoms with van der Waals surface area (Å²) >= 11 is 0. The van der Waals surface area contributed by atoms with E-state index in [1.165, 1.54) is 0 Å².